The number of nitrogen functional groups attached to an aromatic ring is 1. The summed E-state index contributed by atoms with van der Waals surface area (Å²) >= 11 is 3.30. The molecule has 0 spiro atoms. The maximum absolute atomic E-state index is 12.5. The zero-order valence-corrected chi connectivity index (χ0v) is 14.0. The van der Waals surface area contributed by atoms with E-state index in [0.717, 1.165) is 10.0 Å². The third-order valence-corrected chi connectivity index (χ3v) is 4.81. The highest BCUT2D eigenvalue weighted by molar-refractivity contribution is 9.10. The van der Waals surface area contributed by atoms with E-state index in [2.05, 4.69) is 20.7 Å². The van der Waals surface area contributed by atoms with E-state index in [1.165, 1.54) is 13.2 Å². The summed E-state index contributed by atoms with van der Waals surface area (Å²) in [6.45, 7) is 1.79. The van der Waals surface area contributed by atoms with Crippen LogP contribution in [0.15, 0.2) is 45.8 Å². The molecule has 3 N–H and O–H groups in total. The summed E-state index contributed by atoms with van der Waals surface area (Å²) in [5.74, 6) is 0.254. The smallest absolute Gasteiger partial charge is 0.265 e. The second-order valence-corrected chi connectivity index (χ2v) is 7.04. The van der Waals surface area contributed by atoms with Crippen LogP contribution in [0.5, 0.6) is 5.75 Å². The Kier molecular flexibility index (Phi) is 4.43. The van der Waals surface area contributed by atoms with E-state index in [1.54, 1.807) is 31.2 Å². The second kappa shape index (κ2) is 5.95. The van der Waals surface area contributed by atoms with E-state index in [-0.39, 0.29) is 10.6 Å². The van der Waals surface area contributed by atoms with Crippen molar-refractivity contribution >= 4 is 37.3 Å². The van der Waals surface area contributed by atoms with Crippen molar-refractivity contribution in [2.45, 2.75) is 11.8 Å². The Labute approximate surface area is 132 Å². The normalized spacial score (nSPS) is 11.2. The van der Waals surface area contributed by atoms with E-state index >= 15 is 0 Å². The average Bonchev–Trinajstić information content (AvgIpc) is 2.40. The summed E-state index contributed by atoms with van der Waals surface area (Å²) in [7, 11) is -2.37. The van der Waals surface area contributed by atoms with Crippen molar-refractivity contribution in [2.75, 3.05) is 17.6 Å². The van der Waals surface area contributed by atoms with Gasteiger partial charge in [-0.25, -0.2) is 8.42 Å². The molecule has 5 nitrogen and oxygen atoms in total. The predicted molar refractivity (Wildman–Crippen MR) is 87.1 cm³/mol. The molecule has 2 aromatic rings. The lowest BCUT2D eigenvalue weighted by molar-refractivity contribution is 0.402. The number of benzene rings is 2. The van der Waals surface area contributed by atoms with Crippen molar-refractivity contribution in [3.63, 3.8) is 0 Å². The van der Waals surface area contributed by atoms with E-state index in [1.807, 2.05) is 6.07 Å². The molecule has 0 saturated carbocycles. The molecule has 0 unspecified atom stereocenters. The number of nitrogens with two attached hydrogens (primary N) is 1. The molecule has 0 atom stereocenters. The van der Waals surface area contributed by atoms with Crippen LogP contribution in [0.1, 0.15) is 5.56 Å². The fourth-order valence-electron chi connectivity index (χ4n) is 1.81. The molecule has 0 aliphatic heterocycles. The largest absolute Gasteiger partial charge is 0.495 e. The van der Waals surface area contributed by atoms with Crippen LogP contribution in [0.25, 0.3) is 0 Å². The molecule has 0 heterocycles. The third-order valence-electron chi connectivity index (χ3n) is 2.92. The number of halogens is 1. The highest BCUT2D eigenvalue weighted by atomic mass is 79.9. The van der Waals surface area contributed by atoms with Gasteiger partial charge in [0.15, 0.2) is 0 Å². The summed E-state index contributed by atoms with van der Waals surface area (Å²) < 4.78 is 33.4. The van der Waals surface area contributed by atoms with Crippen LogP contribution in [-0.4, -0.2) is 15.5 Å². The van der Waals surface area contributed by atoms with Gasteiger partial charge in [-0.2, -0.15) is 0 Å². The maximum Gasteiger partial charge on any atom is 0.265 e. The van der Waals surface area contributed by atoms with Gasteiger partial charge >= 0.3 is 0 Å². The zero-order valence-electron chi connectivity index (χ0n) is 11.6. The van der Waals surface area contributed by atoms with Crippen molar-refractivity contribution < 1.29 is 13.2 Å². The monoisotopic (exact) mass is 370 g/mol. The van der Waals surface area contributed by atoms with Gasteiger partial charge in [0.2, 0.25) is 0 Å². The first kappa shape index (κ1) is 15.7. The van der Waals surface area contributed by atoms with E-state index in [9.17, 15) is 8.42 Å². The summed E-state index contributed by atoms with van der Waals surface area (Å²) in [6, 6.07) is 9.87. The van der Waals surface area contributed by atoms with Gasteiger partial charge in [0, 0.05) is 15.8 Å². The average molecular weight is 371 g/mol. The molecular formula is C14H15BrN2O3S. The first-order valence-corrected chi connectivity index (χ1v) is 8.33. The Morgan fingerprint density at radius 2 is 1.95 bits per heavy atom. The molecule has 112 valence electrons. The molecule has 0 saturated heterocycles. The number of aryl methyl sites for hydroxylation is 1. The Morgan fingerprint density at radius 1 is 1.24 bits per heavy atom. The van der Waals surface area contributed by atoms with Crippen LogP contribution in [0, 0.1) is 6.92 Å². The fraction of sp³-hybridized carbons (Fsp3) is 0.143. The van der Waals surface area contributed by atoms with Crippen molar-refractivity contribution in [1.29, 1.82) is 0 Å². The van der Waals surface area contributed by atoms with E-state index < -0.39 is 10.0 Å². The van der Waals surface area contributed by atoms with E-state index in [0.29, 0.717) is 11.4 Å². The molecule has 21 heavy (non-hydrogen) atoms. The minimum absolute atomic E-state index is 0.00748. The van der Waals surface area contributed by atoms with Crippen LogP contribution in [0.2, 0.25) is 0 Å². The van der Waals surface area contributed by atoms with Gasteiger partial charge in [-0.15, -0.1) is 0 Å². The number of hydrogen-bond donors (Lipinski definition) is 2. The molecular weight excluding hydrogens is 356 g/mol. The van der Waals surface area contributed by atoms with E-state index in [4.69, 9.17) is 10.5 Å². The first-order chi connectivity index (χ1) is 9.83. The van der Waals surface area contributed by atoms with Crippen LogP contribution in [0.3, 0.4) is 0 Å². The second-order valence-electron chi connectivity index (χ2n) is 4.48. The maximum atomic E-state index is 12.5. The number of rotatable bonds is 4. The molecule has 0 amide bonds. The summed E-state index contributed by atoms with van der Waals surface area (Å²) in [5, 5.41) is 0. The molecule has 0 aromatic heterocycles. The van der Waals surface area contributed by atoms with Gasteiger partial charge in [-0.3, -0.25) is 4.72 Å². The lowest BCUT2D eigenvalue weighted by Crippen LogP contribution is -2.14. The van der Waals surface area contributed by atoms with Gasteiger partial charge < -0.3 is 10.5 Å². The summed E-state index contributed by atoms with van der Waals surface area (Å²) in [4.78, 5) is 0.00748. The fourth-order valence-corrected chi connectivity index (χ4v) is 3.44. The van der Waals surface area contributed by atoms with Gasteiger partial charge in [-0.1, -0.05) is 22.0 Å². The number of anilines is 2. The first-order valence-electron chi connectivity index (χ1n) is 6.06. The molecule has 2 aromatic carbocycles. The zero-order chi connectivity index (χ0) is 15.6. The van der Waals surface area contributed by atoms with Gasteiger partial charge in [0.25, 0.3) is 10.0 Å². The third kappa shape index (κ3) is 3.48. The van der Waals surface area contributed by atoms with Crippen molar-refractivity contribution in [2.24, 2.45) is 0 Å². The molecule has 7 heteroatoms. The minimum Gasteiger partial charge on any atom is -0.495 e. The lowest BCUT2D eigenvalue weighted by Gasteiger charge is -2.13. The van der Waals surface area contributed by atoms with Gasteiger partial charge in [0.1, 0.15) is 10.6 Å². The Hall–Kier alpha value is -1.73. The SMILES string of the molecule is COc1cc(C)c(N)cc1S(=O)(=O)Nc1cccc(Br)c1. The van der Waals surface area contributed by atoms with Crippen molar-refractivity contribution in [1.82, 2.24) is 0 Å². The van der Waals surface area contributed by atoms with Crippen LogP contribution in [-0.2, 0) is 10.0 Å². The highest BCUT2D eigenvalue weighted by Gasteiger charge is 2.21. The Morgan fingerprint density at radius 3 is 2.57 bits per heavy atom. The van der Waals surface area contributed by atoms with Crippen molar-refractivity contribution in [3.8, 4) is 5.75 Å². The van der Waals surface area contributed by atoms with Crippen LogP contribution < -0.4 is 15.2 Å². The van der Waals surface area contributed by atoms with Crippen LogP contribution >= 0.6 is 15.9 Å². The van der Waals surface area contributed by atoms with Crippen LogP contribution in [0.4, 0.5) is 11.4 Å². The molecule has 0 aliphatic carbocycles. The summed E-state index contributed by atoms with van der Waals surface area (Å²) in [5.41, 5.74) is 7.40. The van der Waals surface area contributed by atoms with Crippen molar-refractivity contribution in [3.05, 3.63) is 46.4 Å². The highest BCUT2D eigenvalue weighted by Crippen LogP contribution is 2.30. The lowest BCUT2D eigenvalue weighted by atomic mass is 10.2. The molecule has 2 rings (SSSR count). The van der Waals surface area contributed by atoms with Gasteiger partial charge in [-0.05, 0) is 42.8 Å². The number of hydrogen-bond acceptors (Lipinski definition) is 4. The van der Waals surface area contributed by atoms with Gasteiger partial charge in [0.05, 0.1) is 7.11 Å². The number of methoxy groups -OCH3 is 1. The summed E-state index contributed by atoms with van der Waals surface area (Å²) in [6.07, 6.45) is 0. The Balaban J connectivity index is 2.47. The number of nitrogens with one attached hydrogen (secondary N) is 1. The Bertz CT molecular complexity index is 776. The topological polar surface area (TPSA) is 81.4 Å². The molecule has 0 radical (unpaired) electrons. The predicted octanol–water partition coefficient (Wildman–Crippen LogP) is 3.15. The molecule has 0 bridgehead atoms. The minimum atomic E-state index is -3.79. The number of ether oxygens (including phenoxy) is 1. The molecule has 0 aliphatic rings. The molecule has 0 fully saturated rings. The quantitative estimate of drug-likeness (QED) is 0.809. The number of sulfonamides is 1. The standard InChI is InChI=1S/C14H15BrN2O3S/c1-9-6-13(20-2)14(8-12(9)16)21(18,19)17-11-5-3-4-10(15)7-11/h3-8,17H,16H2,1-2H3.